The molecule has 3 fully saturated rings. The van der Waals surface area contributed by atoms with Crippen molar-refractivity contribution in [3.8, 4) is 0 Å². The number of cyclic esters (lactones) is 1. The van der Waals surface area contributed by atoms with E-state index in [1.807, 2.05) is 26.8 Å². The number of likely N-dealkylation sites (N-methyl/N-ethyl adjacent to an activating group) is 1. The zero-order valence-corrected chi connectivity index (χ0v) is 43.4. The van der Waals surface area contributed by atoms with Gasteiger partial charge in [-0.3, -0.25) is 14.4 Å². The molecule has 2 aromatic rings. The Morgan fingerprint density at radius 1 is 0.890 bits per heavy atom. The Bertz CT molecular complexity index is 2160. The lowest BCUT2D eigenvalue weighted by Gasteiger charge is -2.47. The van der Waals surface area contributed by atoms with Crippen molar-refractivity contribution in [3.63, 3.8) is 0 Å². The third-order valence-corrected chi connectivity index (χ3v) is 13.9. The third kappa shape index (κ3) is 16.0. The highest BCUT2D eigenvalue weighted by molar-refractivity contribution is 6.03. The van der Waals surface area contributed by atoms with Crippen LogP contribution in [-0.4, -0.2) is 183 Å². The Kier molecular flexibility index (Phi) is 22.0. The number of hydrogen-bond acceptors (Lipinski definition) is 19. The van der Waals surface area contributed by atoms with Gasteiger partial charge in [0.15, 0.2) is 18.4 Å². The molecule has 0 aliphatic carbocycles. The van der Waals surface area contributed by atoms with Crippen LogP contribution in [0.2, 0.25) is 0 Å². The molecule has 20 nitrogen and oxygen atoms in total. The number of methoxy groups -OCH3 is 2. The lowest BCUT2D eigenvalue weighted by atomic mass is 9.79. The van der Waals surface area contributed by atoms with Crippen LogP contribution in [0.15, 0.2) is 77.6 Å². The Morgan fingerprint density at radius 2 is 1.62 bits per heavy atom. The molecule has 1 unspecified atom stereocenters. The molecule has 4 N–H and O–H groups in total. The highest BCUT2D eigenvalue weighted by Crippen LogP contribution is 2.36. The van der Waals surface area contributed by atoms with Gasteiger partial charge in [-0.15, -0.1) is 0 Å². The fourth-order valence-corrected chi connectivity index (χ4v) is 9.68. The molecule has 1 aromatic heterocycles. The second kappa shape index (κ2) is 27.8. The lowest BCUT2D eigenvalue weighted by molar-refractivity contribution is -0.305. The van der Waals surface area contributed by atoms with E-state index in [1.54, 1.807) is 87.6 Å². The van der Waals surface area contributed by atoms with Crippen LogP contribution in [0.1, 0.15) is 69.8 Å². The molecule has 0 spiro atoms. The van der Waals surface area contributed by atoms with E-state index in [1.165, 1.54) is 20.3 Å². The SMILES string of the molecule is CO[C@@H]1[C@H](O)[C@@H](C)O[C@@H](OC[C@H]2/C=C(C)/C=C/C(=O)[C@H](C)CC3CCOC/C(=N\OCc4ccc(C(=O)Nc5ccccn5)cc4)CO[C@H](CC(=O)OC2)[C@H](C)[C@H]3O[C@@H]2O[C@H](C)[C@@H](O)[C@H](N(C)C)[C@H]2O)[C@@H]1OC. The van der Waals surface area contributed by atoms with Gasteiger partial charge in [-0.2, -0.15) is 0 Å². The van der Waals surface area contributed by atoms with E-state index in [0.717, 1.165) is 11.1 Å². The van der Waals surface area contributed by atoms with Crippen molar-refractivity contribution in [2.45, 2.75) is 134 Å². The van der Waals surface area contributed by atoms with Gasteiger partial charge in [-0.1, -0.05) is 54.9 Å². The summed E-state index contributed by atoms with van der Waals surface area (Å²) in [5.41, 5.74) is 2.29. The van der Waals surface area contributed by atoms with Crippen molar-refractivity contribution in [2.24, 2.45) is 28.8 Å². The number of hydrogen-bond donors (Lipinski definition) is 4. The summed E-state index contributed by atoms with van der Waals surface area (Å²) in [5.74, 6) is -2.60. The van der Waals surface area contributed by atoms with Crippen molar-refractivity contribution in [1.29, 1.82) is 0 Å². The summed E-state index contributed by atoms with van der Waals surface area (Å²) in [4.78, 5) is 52.6. The minimum Gasteiger partial charge on any atom is -0.465 e. The maximum atomic E-state index is 14.2. The molecule has 5 heterocycles. The number of ketones is 1. The van der Waals surface area contributed by atoms with Crippen LogP contribution >= 0.6 is 0 Å². The number of aliphatic hydroxyl groups is 3. The van der Waals surface area contributed by atoms with Crippen LogP contribution in [-0.2, 0) is 63.7 Å². The number of nitrogens with one attached hydrogen (secondary N) is 1. The molecule has 1 amide bonds. The minimum atomic E-state index is -1.27. The fraction of sp³-hybridized carbons (Fsp3) is 0.642. The van der Waals surface area contributed by atoms with E-state index in [-0.39, 0.29) is 57.8 Å². The predicted octanol–water partition coefficient (Wildman–Crippen LogP) is 3.86. The van der Waals surface area contributed by atoms with Crippen LogP contribution in [0.4, 0.5) is 5.82 Å². The number of aromatic nitrogens is 1. The number of aliphatic hydroxyl groups excluding tert-OH is 3. The normalized spacial score (nSPS) is 36.1. The number of benzene rings is 1. The number of anilines is 1. The highest BCUT2D eigenvalue weighted by atomic mass is 16.7. The molecule has 0 saturated carbocycles. The number of rotatable bonds is 13. The minimum absolute atomic E-state index is 0.0105. The van der Waals surface area contributed by atoms with E-state index in [0.29, 0.717) is 29.9 Å². The maximum Gasteiger partial charge on any atom is 0.308 e. The molecule has 4 aliphatic heterocycles. The van der Waals surface area contributed by atoms with Gasteiger partial charge < -0.3 is 73.0 Å². The van der Waals surface area contributed by atoms with Crippen molar-refractivity contribution in [1.82, 2.24) is 9.88 Å². The van der Waals surface area contributed by atoms with Crippen LogP contribution in [0.3, 0.4) is 0 Å². The second-order valence-electron chi connectivity index (χ2n) is 19.7. The first-order valence-corrected chi connectivity index (χ1v) is 25.1. The fourth-order valence-electron chi connectivity index (χ4n) is 9.68. The van der Waals surface area contributed by atoms with Gasteiger partial charge >= 0.3 is 5.97 Å². The third-order valence-electron chi connectivity index (χ3n) is 13.9. The van der Waals surface area contributed by atoms with Crippen LogP contribution in [0.5, 0.6) is 0 Å². The molecule has 2 bridgehead atoms. The number of esters is 1. The largest absolute Gasteiger partial charge is 0.465 e. The van der Waals surface area contributed by atoms with Gasteiger partial charge in [0, 0.05) is 50.3 Å². The van der Waals surface area contributed by atoms with E-state index >= 15 is 0 Å². The standard InChI is InChI=1S/C53H76N4O16/c1-30-13-18-40(58)31(2)23-38-19-21-66-28-39(56-70-27-35-14-16-37(17-15-35)51(63)55-42-12-10-11-20-54-42)29-67-41(32(3)48(38)73-52-47(62)44(57(6)7)45(60)33(4)71-52)24-43(59)68-25-36(22-30)26-69-53-50(65-9)49(64-8)46(61)34(5)72-53/h10-18,20,22,31-34,36,38,41,44-50,52-53,60-62H,19,21,23-29H2,1-9H3,(H,54,55,63)/b18-13+,30-22+,56-39+/t31-,32+,33-,34-,36+,38?,41-,44+,45-,46-,47-,48-,49-,50-,52+,53-/m1/s1. The Balaban J connectivity index is 1.26. The molecule has 4 aliphatic rings. The first-order valence-electron chi connectivity index (χ1n) is 25.1. The number of amides is 1. The summed E-state index contributed by atoms with van der Waals surface area (Å²) in [6, 6.07) is 11.4. The molecular formula is C53H76N4O16. The summed E-state index contributed by atoms with van der Waals surface area (Å²) < 4.78 is 55.4. The summed E-state index contributed by atoms with van der Waals surface area (Å²) in [6.45, 7) is 9.08. The molecule has 73 heavy (non-hydrogen) atoms. The number of carbonyl (C=O) groups is 3. The summed E-state index contributed by atoms with van der Waals surface area (Å²) in [7, 11) is 6.46. The van der Waals surface area contributed by atoms with Crippen LogP contribution < -0.4 is 5.32 Å². The topological polar surface area (TPSA) is 245 Å². The van der Waals surface area contributed by atoms with Crippen LogP contribution in [0, 0.1) is 23.7 Å². The monoisotopic (exact) mass is 1020 g/mol. The predicted molar refractivity (Wildman–Crippen MR) is 266 cm³/mol. The number of allylic oxidation sites excluding steroid dienone is 3. The molecule has 16 atom stereocenters. The summed E-state index contributed by atoms with van der Waals surface area (Å²) >= 11 is 0. The zero-order chi connectivity index (χ0) is 52.8. The number of nitrogens with zero attached hydrogens (tertiary/aromatic N) is 3. The molecule has 0 radical (unpaired) electrons. The molecule has 1 aromatic carbocycles. The van der Waals surface area contributed by atoms with Gasteiger partial charge in [0.25, 0.3) is 5.91 Å². The first kappa shape index (κ1) is 57.7. The quantitative estimate of drug-likeness (QED) is 0.164. The van der Waals surface area contributed by atoms with Gasteiger partial charge in [-0.25, -0.2) is 4.98 Å². The first-order chi connectivity index (χ1) is 35.0. The van der Waals surface area contributed by atoms with Crippen molar-refractivity contribution in [2.75, 3.05) is 66.7 Å². The Morgan fingerprint density at radius 3 is 2.32 bits per heavy atom. The number of ether oxygens (including phenoxy) is 9. The Labute approximate surface area is 428 Å². The molecule has 3 saturated heterocycles. The average molecular weight is 1030 g/mol. The lowest BCUT2D eigenvalue weighted by Crippen LogP contribution is -2.63. The second-order valence-corrected chi connectivity index (χ2v) is 19.7. The van der Waals surface area contributed by atoms with E-state index in [2.05, 4.69) is 15.5 Å². The van der Waals surface area contributed by atoms with Gasteiger partial charge in [0.1, 0.15) is 42.6 Å². The zero-order valence-electron chi connectivity index (χ0n) is 43.4. The highest BCUT2D eigenvalue weighted by Gasteiger charge is 2.48. The number of oxime groups is 1. The number of pyridine rings is 1. The van der Waals surface area contributed by atoms with Crippen molar-refractivity contribution >= 4 is 29.2 Å². The molecule has 20 heteroatoms. The average Bonchev–Trinajstić information content (AvgIpc) is 3.39. The van der Waals surface area contributed by atoms with E-state index in [4.69, 9.17) is 47.5 Å². The van der Waals surface area contributed by atoms with E-state index < -0.39 is 103 Å². The van der Waals surface area contributed by atoms with Crippen molar-refractivity contribution in [3.05, 3.63) is 83.6 Å². The summed E-state index contributed by atoms with van der Waals surface area (Å²) in [6.07, 6.45) is -2.66. The molecule has 404 valence electrons. The smallest absolute Gasteiger partial charge is 0.308 e. The molecular weight excluding hydrogens is 949 g/mol. The van der Waals surface area contributed by atoms with Gasteiger partial charge in [0.05, 0.1) is 69.4 Å². The molecule has 6 rings (SSSR count). The van der Waals surface area contributed by atoms with Gasteiger partial charge in [0.2, 0.25) is 0 Å². The van der Waals surface area contributed by atoms with Gasteiger partial charge in [-0.05, 0) is 89.5 Å². The Hall–Kier alpha value is -4.55. The van der Waals surface area contributed by atoms with E-state index in [9.17, 15) is 29.7 Å². The maximum absolute atomic E-state index is 14.2. The summed E-state index contributed by atoms with van der Waals surface area (Å²) in [5, 5.41) is 40.7. The van der Waals surface area contributed by atoms with Crippen LogP contribution in [0.25, 0.3) is 0 Å². The number of fused-ring (bicyclic) bond motifs is 3. The van der Waals surface area contributed by atoms with Crippen molar-refractivity contribution < 1.29 is 77.2 Å². The number of carbonyl (C=O) groups excluding carboxylic acids is 3.